The highest BCUT2D eigenvalue weighted by atomic mass is 16.6. The van der Waals surface area contributed by atoms with E-state index >= 15 is 0 Å². The molecule has 0 rings (SSSR count). The standard InChI is InChI=1S/C73H132O6/c1-4-7-10-13-16-19-22-25-28-30-32-34-35-36-37-38-39-40-42-43-45-48-51-54-57-60-63-66-72(75)78-69-70(68-77-71(74)65-62-59-56-53-50-47-27-24-21-18-15-12-9-6-3)79-73(76)67-64-61-58-55-52-49-46-44-41-33-31-29-26-23-20-17-14-11-8-5-2/h7,10,16,19,25,28,32,34,36-37,70H,4-6,8-9,11-15,17-18,20-24,26-27,29-31,33,35,38-69H2,1-3H3/b10-7-,19-16-,28-25-,34-32-,37-36-. The van der Waals surface area contributed by atoms with Gasteiger partial charge in [-0.25, -0.2) is 0 Å². The van der Waals surface area contributed by atoms with Crippen molar-refractivity contribution in [2.45, 2.75) is 374 Å². The van der Waals surface area contributed by atoms with Crippen LogP contribution in [0.1, 0.15) is 367 Å². The summed E-state index contributed by atoms with van der Waals surface area (Å²) in [7, 11) is 0. The minimum absolute atomic E-state index is 0.0686. The third kappa shape index (κ3) is 65.8. The van der Waals surface area contributed by atoms with Crippen LogP contribution >= 0.6 is 0 Å². The molecule has 0 aliphatic carbocycles. The minimum Gasteiger partial charge on any atom is -0.462 e. The molecule has 0 bridgehead atoms. The quantitative estimate of drug-likeness (QED) is 0.0261. The van der Waals surface area contributed by atoms with Gasteiger partial charge in [0.25, 0.3) is 0 Å². The summed E-state index contributed by atoms with van der Waals surface area (Å²) in [5.74, 6) is -0.845. The lowest BCUT2D eigenvalue weighted by Gasteiger charge is -2.18. The first-order valence-corrected chi connectivity index (χ1v) is 34.8. The molecule has 0 aliphatic rings. The predicted molar refractivity (Wildman–Crippen MR) is 344 cm³/mol. The number of unbranched alkanes of at least 4 members (excludes halogenated alkanes) is 43. The molecule has 1 unspecified atom stereocenters. The number of rotatable bonds is 64. The van der Waals surface area contributed by atoms with Crippen molar-refractivity contribution in [3.05, 3.63) is 60.8 Å². The zero-order valence-corrected chi connectivity index (χ0v) is 52.9. The molecule has 0 saturated heterocycles. The summed E-state index contributed by atoms with van der Waals surface area (Å²) < 4.78 is 17.0. The number of esters is 3. The van der Waals surface area contributed by atoms with Crippen molar-refractivity contribution in [2.24, 2.45) is 0 Å². The van der Waals surface area contributed by atoms with Crippen LogP contribution in [0.4, 0.5) is 0 Å². The van der Waals surface area contributed by atoms with Gasteiger partial charge in [-0.1, -0.05) is 345 Å². The molecule has 460 valence electrons. The van der Waals surface area contributed by atoms with Crippen molar-refractivity contribution in [1.29, 1.82) is 0 Å². The fraction of sp³-hybridized carbons (Fsp3) is 0.822. The topological polar surface area (TPSA) is 78.9 Å². The molecule has 0 radical (unpaired) electrons. The van der Waals surface area contributed by atoms with E-state index in [1.54, 1.807) is 0 Å². The van der Waals surface area contributed by atoms with Crippen LogP contribution in [0.3, 0.4) is 0 Å². The Morgan fingerprint density at radius 1 is 0.266 bits per heavy atom. The Hall–Kier alpha value is -2.89. The zero-order valence-electron chi connectivity index (χ0n) is 52.9. The SMILES string of the molecule is CC/C=C\C/C=C\C/C=C\C/C=C\C/C=C\CCCCCCCCCCCCCC(=O)OCC(COC(=O)CCCCCCCCCCCCCCCC)OC(=O)CCCCCCCCCCCCCCCCCCCCCC. The average molecular weight is 1110 g/mol. The maximum absolute atomic E-state index is 12.9. The van der Waals surface area contributed by atoms with Gasteiger partial charge in [-0.15, -0.1) is 0 Å². The number of carbonyl (C=O) groups is 3. The first-order chi connectivity index (χ1) is 39.0. The summed E-state index contributed by atoms with van der Waals surface area (Å²) in [6.45, 7) is 6.59. The van der Waals surface area contributed by atoms with E-state index in [-0.39, 0.29) is 31.1 Å². The van der Waals surface area contributed by atoms with E-state index in [1.807, 2.05) is 0 Å². The smallest absolute Gasteiger partial charge is 0.306 e. The molecule has 6 heteroatoms. The minimum atomic E-state index is -0.772. The highest BCUT2D eigenvalue weighted by Crippen LogP contribution is 2.18. The first kappa shape index (κ1) is 76.1. The number of ether oxygens (including phenoxy) is 3. The van der Waals surface area contributed by atoms with Crippen LogP contribution in [-0.2, 0) is 28.6 Å². The largest absolute Gasteiger partial charge is 0.462 e. The second-order valence-corrected chi connectivity index (χ2v) is 23.4. The van der Waals surface area contributed by atoms with Gasteiger partial charge in [0, 0.05) is 19.3 Å². The molecule has 0 aliphatic heterocycles. The average Bonchev–Trinajstić information content (AvgIpc) is 3.45. The molecule has 0 aromatic rings. The van der Waals surface area contributed by atoms with Crippen LogP contribution in [0.25, 0.3) is 0 Å². The van der Waals surface area contributed by atoms with Crippen LogP contribution in [0, 0.1) is 0 Å². The molecule has 0 amide bonds. The fourth-order valence-corrected chi connectivity index (χ4v) is 10.4. The predicted octanol–water partition coefficient (Wildman–Crippen LogP) is 23.9. The summed E-state index contributed by atoms with van der Waals surface area (Å²) in [5, 5.41) is 0. The highest BCUT2D eigenvalue weighted by Gasteiger charge is 2.19. The molecular formula is C73H132O6. The summed E-state index contributed by atoms with van der Waals surface area (Å²) in [6, 6.07) is 0. The van der Waals surface area contributed by atoms with Gasteiger partial charge < -0.3 is 14.2 Å². The number of allylic oxidation sites excluding steroid dienone is 10. The summed E-state index contributed by atoms with van der Waals surface area (Å²) in [5.41, 5.74) is 0. The molecule has 79 heavy (non-hydrogen) atoms. The fourth-order valence-electron chi connectivity index (χ4n) is 10.4. The number of carbonyl (C=O) groups excluding carboxylic acids is 3. The van der Waals surface area contributed by atoms with E-state index in [1.165, 1.54) is 238 Å². The lowest BCUT2D eigenvalue weighted by Crippen LogP contribution is -2.30. The maximum Gasteiger partial charge on any atom is 0.306 e. The molecule has 0 N–H and O–H groups in total. The van der Waals surface area contributed by atoms with E-state index in [0.717, 1.165) is 89.9 Å². The number of hydrogen-bond acceptors (Lipinski definition) is 6. The lowest BCUT2D eigenvalue weighted by molar-refractivity contribution is -0.167. The van der Waals surface area contributed by atoms with E-state index in [2.05, 4.69) is 81.5 Å². The van der Waals surface area contributed by atoms with Crippen molar-refractivity contribution in [3.8, 4) is 0 Å². The van der Waals surface area contributed by atoms with Gasteiger partial charge in [0.15, 0.2) is 6.10 Å². The van der Waals surface area contributed by atoms with Gasteiger partial charge in [0.1, 0.15) is 13.2 Å². The van der Waals surface area contributed by atoms with Gasteiger partial charge in [0.05, 0.1) is 0 Å². The first-order valence-electron chi connectivity index (χ1n) is 34.8. The van der Waals surface area contributed by atoms with Gasteiger partial charge in [0.2, 0.25) is 0 Å². The van der Waals surface area contributed by atoms with Crippen molar-refractivity contribution >= 4 is 17.9 Å². The molecule has 0 heterocycles. The van der Waals surface area contributed by atoms with Crippen molar-refractivity contribution < 1.29 is 28.6 Å². The van der Waals surface area contributed by atoms with Crippen LogP contribution < -0.4 is 0 Å². The van der Waals surface area contributed by atoms with Gasteiger partial charge in [-0.3, -0.25) is 14.4 Å². The van der Waals surface area contributed by atoms with Crippen LogP contribution in [0.5, 0.6) is 0 Å². The zero-order chi connectivity index (χ0) is 57.1. The van der Waals surface area contributed by atoms with Crippen molar-refractivity contribution in [1.82, 2.24) is 0 Å². The highest BCUT2D eigenvalue weighted by molar-refractivity contribution is 5.71. The molecule has 0 aromatic heterocycles. The normalized spacial score (nSPS) is 12.4. The van der Waals surface area contributed by atoms with E-state index in [0.29, 0.717) is 19.3 Å². The molecule has 0 aromatic carbocycles. The Bertz CT molecular complexity index is 1410. The number of hydrogen-bond donors (Lipinski definition) is 0. The van der Waals surface area contributed by atoms with E-state index < -0.39 is 6.10 Å². The molecule has 0 fully saturated rings. The van der Waals surface area contributed by atoms with E-state index in [9.17, 15) is 14.4 Å². The molecule has 1 atom stereocenters. The third-order valence-corrected chi connectivity index (χ3v) is 15.5. The van der Waals surface area contributed by atoms with Crippen molar-refractivity contribution in [2.75, 3.05) is 13.2 Å². The van der Waals surface area contributed by atoms with Gasteiger partial charge >= 0.3 is 17.9 Å². The summed E-state index contributed by atoms with van der Waals surface area (Å²) in [6.07, 6.45) is 86.7. The Labute approximate surface area is 491 Å². The Balaban J connectivity index is 4.27. The van der Waals surface area contributed by atoms with E-state index in [4.69, 9.17) is 14.2 Å². The molecule has 0 saturated carbocycles. The Kier molecular flexibility index (Phi) is 65.1. The lowest BCUT2D eigenvalue weighted by atomic mass is 10.0. The van der Waals surface area contributed by atoms with Crippen molar-refractivity contribution in [3.63, 3.8) is 0 Å². The summed E-state index contributed by atoms with van der Waals surface area (Å²) >= 11 is 0. The van der Waals surface area contributed by atoms with Crippen LogP contribution in [0.2, 0.25) is 0 Å². The molecule has 0 spiro atoms. The Morgan fingerprint density at radius 2 is 0.494 bits per heavy atom. The molecule has 6 nitrogen and oxygen atoms in total. The van der Waals surface area contributed by atoms with Crippen LogP contribution in [-0.4, -0.2) is 37.2 Å². The Morgan fingerprint density at radius 3 is 0.772 bits per heavy atom. The second kappa shape index (κ2) is 67.6. The monoisotopic (exact) mass is 1110 g/mol. The maximum atomic E-state index is 12.9. The molecular weight excluding hydrogens is 973 g/mol. The summed E-state index contributed by atoms with van der Waals surface area (Å²) in [4.78, 5) is 38.4. The third-order valence-electron chi connectivity index (χ3n) is 15.5. The van der Waals surface area contributed by atoms with Gasteiger partial charge in [-0.05, 0) is 64.2 Å². The second-order valence-electron chi connectivity index (χ2n) is 23.4. The van der Waals surface area contributed by atoms with Gasteiger partial charge in [-0.2, -0.15) is 0 Å². The van der Waals surface area contributed by atoms with Crippen LogP contribution in [0.15, 0.2) is 60.8 Å².